The van der Waals surface area contributed by atoms with Crippen molar-refractivity contribution in [2.24, 2.45) is 11.1 Å². The van der Waals surface area contributed by atoms with Crippen molar-refractivity contribution in [1.82, 2.24) is 20.0 Å². The summed E-state index contributed by atoms with van der Waals surface area (Å²) in [5.41, 5.74) is 9.57. The molecule has 1 aromatic heterocycles. The lowest BCUT2D eigenvalue weighted by molar-refractivity contribution is -0.141. The molecule has 10 heteroatoms. The summed E-state index contributed by atoms with van der Waals surface area (Å²) in [6, 6.07) is 8.35. The van der Waals surface area contributed by atoms with Crippen molar-refractivity contribution in [1.29, 1.82) is 0 Å². The number of amides is 2. The number of rotatable bonds is 5. The van der Waals surface area contributed by atoms with Crippen LogP contribution >= 0.6 is 24.8 Å². The highest BCUT2D eigenvalue weighted by Crippen LogP contribution is 2.25. The van der Waals surface area contributed by atoms with Crippen LogP contribution in [0.2, 0.25) is 0 Å². The highest BCUT2D eigenvalue weighted by atomic mass is 35.5. The average Bonchev–Trinajstić information content (AvgIpc) is 3.26. The molecule has 0 spiro atoms. The number of carbonyl (C=O) groups is 2. The molecule has 3 rings (SSSR count). The number of halogens is 2. The summed E-state index contributed by atoms with van der Waals surface area (Å²) in [6.45, 7) is 10.1. The van der Waals surface area contributed by atoms with E-state index in [0.717, 1.165) is 22.6 Å². The van der Waals surface area contributed by atoms with E-state index < -0.39 is 23.6 Å². The van der Waals surface area contributed by atoms with Crippen LogP contribution in [0.1, 0.15) is 44.1 Å². The lowest BCUT2D eigenvalue weighted by Gasteiger charge is -2.32. The molecule has 184 valence electrons. The van der Waals surface area contributed by atoms with Crippen molar-refractivity contribution in [2.75, 3.05) is 6.54 Å². The van der Waals surface area contributed by atoms with Crippen molar-refractivity contribution in [2.45, 2.75) is 65.8 Å². The van der Waals surface area contributed by atoms with Gasteiger partial charge in [0.05, 0.1) is 23.5 Å². The van der Waals surface area contributed by atoms with E-state index in [0.29, 0.717) is 6.54 Å². The Morgan fingerprint density at radius 1 is 1.21 bits per heavy atom. The van der Waals surface area contributed by atoms with E-state index in [-0.39, 0.29) is 49.6 Å². The van der Waals surface area contributed by atoms with Gasteiger partial charge in [-0.2, -0.15) is 5.10 Å². The molecule has 0 radical (unpaired) electrons. The van der Waals surface area contributed by atoms with Gasteiger partial charge in [-0.25, -0.2) is 4.68 Å². The molecular weight excluding hydrogens is 465 g/mol. The highest BCUT2D eigenvalue weighted by Gasteiger charge is 2.42. The Balaban J connectivity index is 0.00000272. The fourth-order valence-corrected chi connectivity index (χ4v) is 3.81. The summed E-state index contributed by atoms with van der Waals surface area (Å²) in [6.07, 6.45) is -0.516. The molecule has 0 unspecified atom stereocenters. The number of likely N-dealkylation sites (tertiary alicyclic amines) is 1. The molecule has 0 aliphatic carbocycles. The predicted molar refractivity (Wildman–Crippen MR) is 133 cm³/mol. The first-order valence-electron chi connectivity index (χ1n) is 10.6. The number of carbonyl (C=O) groups excluding carboxylic acids is 2. The SMILES string of the molecule is Cc1cc(C)n(-c2ccc(CNC(=O)[C@@H]3C[C@@H](O)CN3C(=O)[C@@H](N)C(C)(C)C)cc2)n1.Cl.Cl. The quantitative estimate of drug-likeness (QED) is 0.583. The topological polar surface area (TPSA) is 113 Å². The summed E-state index contributed by atoms with van der Waals surface area (Å²) in [4.78, 5) is 27.1. The predicted octanol–water partition coefficient (Wildman–Crippen LogP) is 2.28. The van der Waals surface area contributed by atoms with Crippen molar-refractivity contribution in [3.8, 4) is 5.69 Å². The van der Waals surface area contributed by atoms with Gasteiger partial charge in [0, 0.05) is 25.2 Å². The van der Waals surface area contributed by atoms with Gasteiger partial charge >= 0.3 is 0 Å². The van der Waals surface area contributed by atoms with E-state index in [1.807, 2.05) is 69.6 Å². The fourth-order valence-electron chi connectivity index (χ4n) is 3.81. The molecule has 3 atom stereocenters. The van der Waals surface area contributed by atoms with E-state index in [9.17, 15) is 14.7 Å². The van der Waals surface area contributed by atoms with Gasteiger partial charge in [0.2, 0.25) is 11.8 Å². The molecule has 0 bridgehead atoms. The van der Waals surface area contributed by atoms with Crippen LogP contribution < -0.4 is 11.1 Å². The molecule has 2 heterocycles. The Kier molecular flexibility index (Phi) is 9.93. The van der Waals surface area contributed by atoms with Gasteiger partial charge in [0.25, 0.3) is 0 Å². The zero-order valence-corrected chi connectivity index (χ0v) is 21.4. The molecule has 1 aromatic carbocycles. The Morgan fingerprint density at radius 2 is 1.82 bits per heavy atom. The van der Waals surface area contributed by atoms with Crippen LogP contribution in [0.5, 0.6) is 0 Å². The number of aliphatic hydroxyl groups is 1. The average molecular weight is 500 g/mol. The van der Waals surface area contributed by atoms with Crippen molar-refractivity contribution in [3.63, 3.8) is 0 Å². The molecule has 1 saturated heterocycles. The van der Waals surface area contributed by atoms with E-state index in [1.54, 1.807) is 0 Å². The zero-order chi connectivity index (χ0) is 22.9. The maximum absolute atomic E-state index is 12.8. The van der Waals surface area contributed by atoms with E-state index in [1.165, 1.54) is 4.90 Å². The second-order valence-electron chi connectivity index (χ2n) is 9.46. The Hall–Kier alpha value is -2.13. The van der Waals surface area contributed by atoms with Gasteiger partial charge in [-0.1, -0.05) is 32.9 Å². The number of nitrogens with zero attached hydrogens (tertiary/aromatic N) is 3. The minimum absolute atomic E-state index is 0. The molecule has 1 fully saturated rings. The molecule has 0 saturated carbocycles. The molecule has 33 heavy (non-hydrogen) atoms. The molecule has 1 aliphatic rings. The number of benzene rings is 1. The zero-order valence-electron chi connectivity index (χ0n) is 19.7. The van der Waals surface area contributed by atoms with Crippen LogP contribution in [0.25, 0.3) is 5.69 Å². The maximum Gasteiger partial charge on any atom is 0.243 e. The van der Waals surface area contributed by atoms with Crippen LogP contribution in [-0.4, -0.2) is 56.3 Å². The smallest absolute Gasteiger partial charge is 0.243 e. The standard InChI is InChI=1S/C23H33N5O3.2ClH/c1-14-10-15(2)28(26-14)17-8-6-16(7-9-17)12-25-21(30)19-11-18(29)13-27(19)22(31)20(24)23(3,4)5;;/h6-10,18-20,29H,11-13,24H2,1-5H3,(H,25,30);2*1H/t18-,19+,20-;;/m1../s1. The first-order chi connectivity index (χ1) is 14.5. The summed E-state index contributed by atoms with van der Waals surface area (Å²) in [7, 11) is 0. The summed E-state index contributed by atoms with van der Waals surface area (Å²) in [5, 5.41) is 17.4. The normalized spacial score (nSPS) is 18.8. The number of β-amino-alcohol motifs (C(OH)–C–C–N with tert-alkyl or cyclic N) is 1. The lowest BCUT2D eigenvalue weighted by Crippen LogP contribution is -2.54. The van der Waals surface area contributed by atoms with Gasteiger partial charge in [0.15, 0.2) is 0 Å². The number of nitrogens with two attached hydrogens (primary N) is 1. The first-order valence-corrected chi connectivity index (χ1v) is 10.6. The van der Waals surface area contributed by atoms with Gasteiger partial charge in [0.1, 0.15) is 6.04 Å². The van der Waals surface area contributed by atoms with Crippen LogP contribution in [0.4, 0.5) is 0 Å². The van der Waals surface area contributed by atoms with Gasteiger partial charge < -0.3 is 21.1 Å². The van der Waals surface area contributed by atoms with Crippen LogP contribution in [0.15, 0.2) is 30.3 Å². The van der Waals surface area contributed by atoms with Crippen LogP contribution in [-0.2, 0) is 16.1 Å². The van der Waals surface area contributed by atoms with E-state index in [2.05, 4.69) is 10.4 Å². The van der Waals surface area contributed by atoms with Crippen LogP contribution in [0.3, 0.4) is 0 Å². The van der Waals surface area contributed by atoms with E-state index >= 15 is 0 Å². The minimum Gasteiger partial charge on any atom is -0.391 e. The van der Waals surface area contributed by atoms with Gasteiger partial charge in [-0.05, 0) is 43.0 Å². The molecule has 8 nitrogen and oxygen atoms in total. The Bertz CT molecular complexity index is 956. The molecule has 1 aliphatic heterocycles. The molecule has 4 N–H and O–H groups in total. The summed E-state index contributed by atoms with van der Waals surface area (Å²) in [5.74, 6) is -0.591. The maximum atomic E-state index is 12.8. The highest BCUT2D eigenvalue weighted by molar-refractivity contribution is 5.90. The van der Waals surface area contributed by atoms with Crippen molar-refractivity contribution >= 4 is 36.6 Å². The number of hydrogen-bond donors (Lipinski definition) is 3. The first kappa shape index (κ1) is 28.9. The molecular formula is C23H35Cl2N5O3. The largest absolute Gasteiger partial charge is 0.391 e. The third-order valence-corrected chi connectivity index (χ3v) is 5.72. The number of aromatic nitrogens is 2. The third-order valence-electron chi connectivity index (χ3n) is 5.72. The van der Waals surface area contributed by atoms with E-state index in [4.69, 9.17) is 5.73 Å². The Morgan fingerprint density at radius 3 is 2.33 bits per heavy atom. The van der Waals surface area contributed by atoms with Gasteiger partial charge in [-0.3, -0.25) is 9.59 Å². The minimum atomic E-state index is -0.741. The summed E-state index contributed by atoms with van der Waals surface area (Å²) >= 11 is 0. The van der Waals surface area contributed by atoms with Crippen LogP contribution in [0, 0.1) is 19.3 Å². The van der Waals surface area contributed by atoms with Crippen molar-refractivity contribution < 1.29 is 14.7 Å². The van der Waals surface area contributed by atoms with Gasteiger partial charge in [-0.15, -0.1) is 24.8 Å². The third kappa shape index (κ3) is 6.69. The molecule has 2 amide bonds. The fraction of sp³-hybridized carbons (Fsp3) is 0.522. The second kappa shape index (κ2) is 11.3. The number of aliphatic hydroxyl groups excluding tert-OH is 1. The second-order valence-corrected chi connectivity index (χ2v) is 9.46. The lowest BCUT2D eigenvalue weighted by atomic mass is 9.86. The van der Waals surface area contributed by atoms with Crippen molar-refractivity contribution in [3.05, 3.63) is 47.3 Å². The summed E-state index contributed by atoms with van der Waals surface area (Å²) < 4.78 is 1.87. The number of hydrogen-bond acceptors (Lipinski definition) is 5. The number of nitrogens with one attached hydrogen (secondary N) is 1. The monoisotopic (exact) mass is 499 g/mol. The number of aryl methyl sites for hydroxylation is 2. The molecule has 2 aromatic rings. The Labute approximate surface area is 207 Å².